The lowest BCUT2D eigenvalue weighted by Crippen LogP contribution is -2.52. The van der Waals surface area contributed by atoms with Gasteiger partial charge >= 0.3 is 0 Å². The number of aliphatic hydroxyl groups excluding tert-OH is 1. The molecule has 1 atom stereocenters. The van der Waals surface area contributed by atoms with Crippen LogP contribution in [0.15, 0.2) is 0 Å². The first kappa shape index (κ1) is 11.0. The zero-order valence-corrected chi connectivity index (χ0v) is 8.71. The monoisotopic (exact) mass is 185 g/mol. The minimum atomic E-state index is 0.297. The fraction of sp³-hybridized carbons (Fsp3) is 0.900. The van der Waals surface area contributed by atoms with Crippen LogP contribution in [0.4, 0.5) is 0 Å². The van der Waals surface area contributed by atoms with Gasteiger partial charge < -0.3 is 10.4 Å². The van der Waals surface area contributed by atoms with Gasteiger partial charge in [-0.15, -0.1) is 0 Å². The van der Waals surface area contributed by atoms with E-state index in [0.717, 1.165) is 32.6 Å². The zero-order chi connectivity index (χ0) is 9.68. The van der Waals surface area contributed by atoms with Gasteiger partial charge in [-0.25, -0.2) is 0 Å². The van der Waals surface area contributed by atoms with E-state index in [1.807, 2.05) is 0 Å². The Morgan fingerprint density at radius 1 is 1.54 bits per heavy atom. The van der Waals surface area contributed by atoms with E-state index in [9.17, 15) is 0 Å². The molecule has 1 rings (SSSR count). The Morgan fingerprint density at radius 3 is 2.92 bits per heavy atom. The molecule has 1 unspecified atom stereocenters. The van der Waals surface area contributed by atoms with E-state index in [2.05, 4.69) is 24.1 Å². The van der Waals surface area contributed by atoms with Crippen LogP contribution in [0.25, 0.3) is 0 Å². The van der Waals surface area contributed by atoms with Crippen LogP contribution < -0.4 is 5.32 Å². The molecule has 1 heterocycles. The highest BCUT2D eigenvalue weighted by atomic mass is 16.3. The Bertz CT molecular complexity index is 137. The summed E-state index contributed by atoms with van der Waals surface area (Å²) in [6.07, 6.45) is 0.889. The van der Waals surface area contributed by atoms with Crippen molar-refractivity contribution in [3.05, 3.63) is 5.92 Å². The fourth-order valence-corrected chi connectivity index (χ4v) is 1.85. The fourth-order valence-electron chi connectivity index (χ4n) is 1.85. The van der Waals surface area contributed by atoms with E-state index in [1.165, 1.54) is 5.92 Å². The molecule has 77 valence electrons. The number of piperazine rings is 1. The van der Waals surface area contributed by atoms with Crippen molar-refractivity contribution in [1.29, 1.82) is 0 Å². The number of aliphatic hydroxyl groups is 1. The first-order valence-corrected chi connectivity index (χ1v) is 5.08. The second kappa shape index (κ2) is 5.58. The van der Waals surface area contributed by atoms with Gasteiger partial charge in [0, 0.05) is 38.8 Å². The number of hydrogen-bond donors (Lipinski definition) is 2. The van der Waals surface area contributed by atoms with Crippen molar-refractivity contribution in [3.63, 3.8) is 0 Å². The van der Waals surface area contributed by atoms with E-state index < -0.39 is 0 Å². The van der Waals surface area contributed by atoms with Crippen molar-refractivity contribution in [2.75, 3.05) is 32.8 Å². The number of rotatable bonds is 4. The summed E-state index contributed by atoms with van der Waals surface area (Å²) < 4.78 is 0. The molecule has 1 aliphatic heterocycles. The van der Waals surface area contributed by atoms with Gasteiger partial charge in [0.05, 0.1) is 0 Å². The molecule has 13 heavy (non-hydrogen) atoms. The van der Waals surface area contributed by atoms with E-state index in [-0.39, 0.29) is 0 Å². The Labute approximate surface area is 81.1 Å². The van der Waals surface area contributed by atoms with Crippen molar-refractivity contribution in [1.82, 2.24) is 10.2 Å². The van der Waals surface area contributed by atoms with E-state index in [1.54, 1.807) is 0 Å². The molecule has 0 amide bonds. The van der Waals surface area contributed by atoms with E-state index >= 15 is 0 Å². The summed E-state index contributed by atoms with van der Waals surface area (Å²) in [5.41, 5.74) is 0. The van der Waals surface area contributed by atoms with Crippen LogP contribution in [0.3, 0.4) is 0 Å². The van der Waals surface area contributed by atoms with Crippen molar-refractivity contribution in [3.8, 4) is 0 Å². The Balaban J connectivity index is 2.36. The van der Waals surface area contributed by atoms with E-state index in [4.69, 9.17) is 5.11 Å². The van der Waals surface area contributed by atoms with Gasteiger partial charge in [-0.3, -0.25) is 4.90 Å². The molecule has 0 saturated carbocycles. The molecule has 0 aliphatic carbocycles. The number of hydrogen-bond acceptors (Lipinski definition) is 3. The molecule has 1 radical (unpaired) electrons. The maximum absolute atomic E-state index is 8.91. The third kappa shape index (κ3) is 3.63. The van der Waals surface area contributed by atoms with Gasteiger partial charge in [-0.1, -0.05) is 13.8 Å². The van der Waals surface area contributed by atoms with Gasteiger partial charge in [0.1, 0.15) is 0 Å². The molecule has 1 saturated heterocycles. The van der Waals surface area contributed by atoms with Crippen molar-refractivity contribution >= 4 is 0 Å². The lowest BCUT2D eigenvalue weighted by Gasteiger charge is -2.36. The van der Waals surface area contributed by atoms with Crippen molar-refractivity contribution in [2.45, 2.75) is 26.3 Å². The molecule has 2 N–H and O–H groups in total. The highest BCUT2D eigenvalue weighted by Gasteiger charge is 2.21. The summed E-state index contributed by atoms with van der Waals surface area (Å²) in [7, 11) is 0. The molecule has 0 aromatic heterocycles. The minimum Gasteiger partial charge on any atom is -0.396 e. The van der Waals surface area contributed by atoms with E-state index in [0.29, 0.717) is 12.6 Å². The van der Waals surface area contributed by atoms with Gasteiger partial charge in [-0.05, 0) is 12.3 Å². The molecule has 0 aromatic carbocycles. The predicted octanol–water partition coefficient (Wildman–Crippen LogP) is 0.257. The standard InChI is InChI=1S/C10H21N2O/c1-9(2)8-12-5-4-11-7-10(12)3-6-13/h10-11,13H,3-8H2,1-2H3. The van der Waals surface area contributed by atoms with Crippen LogP contribution in [0.2, 0.25) is 0 Å². The third-order valence-electron chi connectivity index (χ3n) is 2.45. The Hall–Kier alpha value is -0.120. The summed E-state index contributed by atoms with van der Waals surface area (Å²) in [6.45, 7) is 8.91. The van der Waals surface area contributed by atoms with Crippen molar-refractivity contribution in [2.24, 2.45) is 0 Å². The first-order chi connectivity index (χ1) is 6.24. The molecular weight excluding hydrogens is 164 g/mol. The SMILES string of the molecule is C[C](C)CN1CCNCC1CCO. The lowest BCUT2D eigenvalue weighted by atomic mass is 10.1. The van der Waals surface area contributed by atoms with Gasteiger partial charge in [-0.2, -0.15) is 0 Å². The maximum Gasteiger partial charge on any atom is 0.0446 e. The van der Waals surface area contributed by atoms with Crippen LogP contribution in [0, 0.1) is 5.92 Å². The van der Waals surface area contributed by atoms with Gasteiger partial charge in [0.25, 0.3) is 0 Å². The molecule has 0 bridgehead atoms. The summed E-state index contributed by atoms with van der Waals surface area (Å²) >= 11 is 0. The highest BCUT2D eigenvalue weighted by molar-refractivity contribution is 4.88. The molecule has 3 nitrogen and oxygen atoms in total. The van der Waals surface area contributed by atoms with Gasteiger partial charge in [0.15, 0.2) is 0 Å². The number of nitrogens with one attached hydrogen (secondary N) is 1. The topological polar surface area (TPSA) is 35.5 Å². The van der Waals surface area contributed by atoms with Crippen LogP contribution >= 0.6 is 0 Å². The molecule has 0 spiro atoms. The van der Waals surface area contributed by atoms with Crippen LogP contribution in [-0.2, 0) is 0 Å². The van der Waals surface area contributed by atoms with Crippen LogP contribution in [0.1, 0.15) is 20.3 Å². The highest BCUT2D eigenvalue weighted by Crippen LogP contribution is 2.10. The summed E-state index contributed by atoms with van der Waals surface area (Å²) in [4.78, 5) is 2.46. The number of nitrogens with zero attached hydrogens (tertiary/aromatic N) is 1. The molecule has 0 aromatic rings. The third-order valence-corrected chi connectivity index (χ3v) is 2.45. The largest absolute Gasteiger partial charge is 0.396 e. The van der Waals surface area contributed by atoms with Crippen LogP contribution in [-0.4, -0.2) is 48.8 Å². The molecular formula is C10H21N2O. The summed E-state index contributed by atoms with van der Waals surface area (Å²) in [6, 6.07) is 0.522. The Kier molecular flexibility index (Phi) is 4.70. The van der Waals surface area contributed by atoms with Crippen LogP contribution in [0.5, 0.6) is 0 Å². The second-order valence-corrected chi connectivity index (χ2v) is 4.05. The quantitative estimate of drug-likeness (QED) is 0.659. The molecule has 1 aliphatic rings. The average molecular weight is 185 g/mol. The first-order valence-electron chi connectivity index (χ1n) is 5.08. The normalized spacial score (nSPS) is 25.4. The Morgan fingerprint density at radius 2 is 2.31 bits per heavy atom. The summed E-state index contributed by atoms with van der Waals surface area (Å²) in [5.74, 6) is 1.45. The van der Waals surface area contributed by atoms with Crippen molar-refractivity contribution < 1.29 is 5.11 Å². The summed E-state index contributed by atoms with van der Waals surface area (Å²) in [5, 5.41) is 12.3. The zero-order valence-electron chi connectivity index (χ0n) is 8.71. The maximum atomic E-state index is 8.91. The minimum absolute atomic E-state index is 0.297. The lowest BCUT2D eigenvalue weighted by molar-refractivity contribution is 0.135. The average Bonchev–Trinajstić information content (AvgIpc) is 2.08. The molecule has 3 heteroatoms. The molecule has 1 fully saturated rings. The smallest absolute Gasteiger partial charge is 0.0446 e. The second-order valence-electron chi connectivity index (χ2n) is 4.05. The van der Waals surface area contributed by atoms with Gasteiger partial charge in [0.2, 0.25) is 0 Å². The predicted molar refractivity (Wildman–Crippen MR) is 54.5 cm³/mol.